The Morgan fingerprint density at radius 1 is 1.05 bits per heavy atom. The quantitative estimate of drug-likeness (QED) is 0.684. The van der Waals surface area contributed by atoms with Gasteiger partial charge < -0.3 is 10.5 Å². The van der Waals surface area contributed by atoms with Crippen molar-refractivity contribution in [3.05, 3.63) is 64.2 Å². The van der Waals surface area contributed by atoms with Crippen LogP contribution in [0.25, 0.3) is 0 Å². The number of aryl methyl sites for hydroxylation is 3. The van der Waals surface area contributed by atoms with Crippen molar-refractivity contribution in [2.45, 2.75) is 27.4 Å². The molecule has 0 amide bonds. The van der Waals surface area contributed by atoms with Crippen LogP contribution >= 0.6 is 0 Å². The third-order valence-corrected chi connectivity index (χ3v) is 3.38. The van der Waals surface area contributed by atoms with Gasteiger partial charge in [-0.1, -0.05) is 29.8 Å². The van der Waals surface area contributed by atoms with Gasteiger partial charge >= 0.3 is 5.97 Å². The number of hydrogen-bond acceptors (Lipinski definition) is 3. The number of esters is 1. The van der Waals surface area contributed by atoms with Gasteiger partial charge in [0.25, 0.3) is 0 Å². The molecule has 104 valence electrons. The Balaban J connectivity index is 2.08. The highest BCUT2D eigenvalue weighted by Crippen LogP contribution is 2.16. The summed E-state index contributed by atoms with van der Waals surface area (Å²) >= 11 is 0. The van der Waals surface area contributed by atoms with E-state index in [1.807, 2.05) is 45.0 Å². The molecule has 3 heteroatoms. The summed E-state index contributed by atoms with van der Waals surface area (Å²) in [7, 11) is 0. The van der Waals surface area contributed by atoms with E-state index in [1.54, 1.807) is 12.1 Å². The minimum Gasteiger partial charge on any atom is -0.457 e. The first kappa shape index (κ1) is 14.1. The Bertz CT molecular complexity index is 647. The largest absolute Gasteiger partial charge is 0.457 e. The molecule has 0 bridgehead atoms. The van der Waals surface area contributed by atoms with Crippen LogP contribution < -0.4 is 5.73 Å². The number of benzene rings is 2. The molecule has 0 aromatic heterocycles. The zero-order valence-corrected chi connectivity index (χ0v) is 12.1. The third-order valence-electron chi connectivity index (χ3n) is 3.38. The van der Waals surface area contributed by atoms with E-state index in [0.717, 1.165) is 22.3 Å². The standard InChI is InChI=1S/C17H19NO2/c1-11-4-5-12(2)15(8-11)10-20-17(19)14-7-6-13(3)16(18)9-14/h4-9H,10,18H2,1-3H3. The highest BCUT2D eigenvalue weighted by Gasteiger charge is 2.09. The number of anilines is 1. The number of carbonyl (C=O) groups excluding carboxylic acids is 1. The summed E-state index contributed by atoms with van der Waals surface area (Å²) in [5.74, 6) is -0.349. The summed E-state index contributed by atoms with van der Waals surface area (Å²) in [6, 6.07) is 11.3. The molecule has 2 rings (SSSR count). The fourth-order valence-corrected chi connectivity index (χ4v) is 1.95. The van der Waals surface area contributed by atoms with Gasteiger partial charge in [0.05, 0.1) is 5.56 Å². The summed E-state index contributed by atoms with van der Waals surface area (Å²) in [4.78, 5) is 12.0. The van der Waals surface area contributed by atoms with Crippen LogP contribution in [0.2, 0.25) is 0 Å². The number of nitrogen functional groups attached to an aromatic ring is 1. The molecule has 2 N–H and O–H groups in total. The van der Waals surface area contributed by atoms with Crippen LogP contribution in [0.5, 0.6) is 0 Å². The van der Waals surface area contributed by atoms with Crippen LogP contribution in [0.1, 0.15) is 32.6 Å². The van der Waals surface area contributed by atoms with Crippen LogP contribution in [0, 0.1) is 20.8 Å². The maximum Gasteiger partial charge on any atom is 0.338 e. The number of ether oxygens (including phenoxy) is 1. The molecule has 3 nitrogen and oxygen atoms in total. The zero-order chi connectivity index (χ0) is 14.7. The van der Waals surface area contributed by atoms with Crippen molar-refractivity contribution in [3.63, 3.8) is 0 Å². The van der Waals surface area contributed by atoms with Crippen LogP contribution in [0.15, 0.2) is 36.4 Å². The molecular weight excluding hydrogens is 250 g/mol. The molecular formula is C17H19NO2. The van der Waals surface area contributed by atoms with E-state index in [9.17, 15) is 4.79 Å². The maximum absolute atomic E-state index is 12.0. The summed E-state index contributed by atoms with van der Waals surface area (Å²) in [5.41, 5.74) is 11.1. The van der Waals surface area contributed by atoms with Gasteiger partial charge in [0, 0.05) is 5.69 Å². The second-order valence-electron chi connectivity index (χ2n) is 5.08. The van der Waals surface area contributed by atoms with E-state index in [0.29, 0.717) is 11.3 Å². The van der Waals surface area contributed by atoms with Crippen molar-refractivity contribution in [1.82, 2.24) is 0 Å². The van der Waals surface area contributed by atoms with Gasteiger partial charge in [0.2, 0.25) is 0 Å². The summed E-state index contributed by atoms with van der Waals surface area (Å²) in [6.07, 6.45) is 0. The van der Waals surface area contributed by atoms with E-state index in [1.165, 1.54) is 0 Å². The van der Waals surface area contributed by atoms with Gasteiger partial charge in [-0.2, -0.15) is 0 Å². The van der Waals surface area contributed by atoms with E-state index in [4.69, 9.17) is 10.5 Å². The molecule has 2 aromatic carbocycles. The Hall–Kier alpha value is -2.29. The van der Waals surface area contributed by atoms with E-state index < -0.39 is 0 Å². The Morgan fingerprint density at radius 3 is 2.45 bits per heavy atom. The lowest BCUT2D eigenvalue weighted by molar-refractivity contribution is 0.0472. The summed E-state index contributed by atoms with van der Waals surface area (Å²) < 4.78 is 5.35. The molecule has 20 heavy (non-hydrogen) atoms. The molecule has 0 aliphatic rings. The molecule has 0 saturated heterocycles. The fraction of sp³-hybridized carbons (Fsp3) is 0.235. The minimum absolute atomic E-state index is 0.278. The van der Waals surface area contributed by atoms with E-state index in [-0.39, 0.29) is 12.6 Å². The van der Waals surface area contributed by atoms with Crippen LogP contribution in [0.4, 0.5) is 5.69 Å². The molecule has 0 aliphatic carbocycles. The highest BCUT2D eigenvalue weighted by molar-refractivity contribution is 5.90. The molecule has 0 atom stereocenters. The SMILES string of the molecule is Cc1ccc(C)c(COC(=O)c2ccc(C)c(N)c2)c1. The first-order valence-corrected chi connectivity index (χ1v) is 6.57. The van der Waals surface area contributed by atoms with Gasteiger partial charge in [-0.15, -0.1) is 0 Å². The highest BCUT2D eigenvalue weighted by atomic mass is 16.5. The Kier molecular flexibility index (Phi) is 4.08. The van der Waals surface area contributed by atoms with Gasteiger partial charge in [-0.25, -0.2) is 4.79 Å². The van der Waals surface area contributed by atoms with Crippen LogP contribution in [-0.4, -0.2) is 5.97 Å². The Morgan fingerprint density at radius 2 is 1.75 bits per heavy atom. The summed E-state index contributed by atoms with van der Waals surface area (Å²) in [5, 5.41) is 0. The maximum atomic E-state index is 12.0. The molecule has 2 aromatic rings. The average Bonchev–Trinajstić information content (AvgIpc) is 2.42. The van der Waals surface area contributed by atoms with Gasteiger partial charge in [-0.3, -0.25) is 0 Å². The van der Waals surface area contributed by atoms with Crippen molar-refractivity contribution in [1.29, 1.82) is 0 Å². The van der Waals surface area contributed by atoms with Crippen molar-refractivity contribution < 1.29 is 9.53 Å². The van der Waals surface area contributed by atoms with E-state index in [2.05, 4.69) is 0 Å². The van der Waals surface area contributed by atoms with E-state index >= 15 is 0 Å². The smallest absolute Gasteiger partial charge is 0.338 e. The molecule has 0 heterocycles. The van der Waals surface area contributed by atoms with Gasteiger partial charge in [0.15, 0.2) is 0 Å². The van der Waals surface area contributed by atoms with Gasteiger partial charge in [-0.05, 0) is 49.6 Å². The number of rotatable bonds is 3. The van der Waals surface area contributed by atoms with Crippen molar-refractivity contribution in [2.75, 3.05) is 5.73 Å². The lowest BCUT2D eigenvalue weighted by Crippen LogP contribution is -2.07. The normalized spacial score (nSPS) is 10.3. The monoisotopic (exact) mass is 269 g/mol. The minimum atomic E-state index is -0.349. The average molecular weight is 269 g/mol. The summed E-state index contributed by atoms with van der Waals surface area (Å²) in [6.45, 7) is 6.21. The van der Waals surface area contributed by atoms with Crippen molar-refractivity contribution >= 4 is 11.7 Å². The van der Waals surface area contributed by atoms with Crippen molar-refractivity contribution in [2.24, 2.45) is 0 Å². The third kappa shape index (κ3) is 3.18. The second-order valence-corrected chi connectivity index (χ2v) is 5.08. The fourth-order valence-electron chi connectivity index (χ4n) is 1.95. The topological polar surface area (TPSA) is 52.3 Å². The Labute approximate surface area is 119 Å². The first-order valence-electron chi connectivity index (χ1n) is 6.57. The second kappa shape index (κ2) is 5.78. The molecule has 0 fully saturated rings. The molecule has 0 unspecified atom stereocenters. The van der Waals surface area contributed by atoms with Gasteiger partial charge in [0.1, 0.15) is 6.61 Å². The lowest BCUT2D eigenvalue weighted by atomic mass is 10.1. The first-order chi connectivity index (χ1) is 9.47. The van der Waals surface area contributed by atoms with Crippen LogP contribution in [-0.2, 0) is 11.3 Å². The lowest BCUT2D eigenvalue weighted by Gasteiger charge is -2.09. The number of nitrogens with two attached hydrogens (primary N) is 1. The predicted octanol–water partition coefficient (Wildman–Crippen LogP) is 3.55. The molecule has 0 saturated carbocycles. The zero-order valence-electron chi connectivity index (χ0n) is 12.1. The predicted molar refractivity (Wildman–Crippen MR) is 80.6 cm³/mol. The van der Waals surface area contributed by atoms with Crippen molar-refractivity contribution in [3.8, 4) is 0 Å². The number of carbonyl (C=O) groups is 1. The number of hydrogen-bond donors (Lipinski definition) is 1. The molecule has 0 spiro atoms. The molecule has 0 radical (unpaired) electrons. The van der Waals surface area contributed by atoms with Crippen LogP contribution in [0.3, 0.4) is 0 Å². The molecule has 0 aliphatic heterocycles.